The van der Waals surface area contributed by atoms with Crippen molar-refractivity contribution in [1.29, 1.82) is 0 Å². The lowest BCUT2D eigenvalue weighted by atomic mass is 10.0. The van der Waals surface area contributed by atoms with Gasteiger partial charge in [0.2, 0.25) is 0 Å². The number of benzene rings is 3. The third-order valence-corrected chi connectivity index (χ3v) is 6.42. The molecule has 0 unspecified atom stereocenters. The van der Waals surface area contributed by atoms with Crippen molar-refractivity contribution in [3.63, 3.8) is 0 Å². The summed E-state index contributed by atoms with van der Waals surface area (Å²) in [7, 11) is 0. The van der Waals surface area contributed by atoms with Crippen LogP contribution in [-0.2, 0) is 0 Å². The van der Waals surface area contributed by atoms with Crippen molar-refractivity contribution in [2.24, 2.45) is 0 Å². The standard InChI is InChI=1S/C27H29N3/c1-19(2)28-15-16-29(27(28,4)5)25-18-23-22-13-9-10-14-24(22)30(26(23)17-20(25)3)21-11-7-6-8-12-21/h6-19H,1-5H3. The highest BCUT2D eigenvalue weighted by Crippen LogP contribution is 2.40. The Morgan fingerprint density at radius 3 is 2.17 bits per heavy atom. The van der Waals surface area contributed by atoms with Gasteiger partial charge in [0.25, 0.3) is 0 Å². The van der Waals surface area contributed by atoms with Crippen LogP contribution in [0.3, 0.4) is 0 Å². The second-order valence-electron chi connectivity index (χ2n) is 9.01. The van der Waals surface area contributed by atoms with Crippen molar-refractivity contribution in [1.82, 2.24) is 9.47 Å². The van der Waals surface area contributed by atoms with Crippen LogP contribution in [0.25, 0.3) is 27.5 Å². The lowest BCUT2D eigenvalue weighted by Crippen LogP contribution is -2.51. The quantitative estimate of drug-likeness (QED) is 0.377. The first-order valence-corrected chi connectivity index (χ1v) is 10.7. The maximum absolute atomic E-state index is 2.42. The first-order valence-electron chi connectivity index (χ1n) is 10.7. The summed E-state index contributed by atoms with van der Waals surface area (Å²) in [5.41, 5.74) is 6.14. The summed E-state index contributed by atoms with van der Waals surface area (Å²) in [6, 6.07) is 24.5. The average Bonchev–Trinajstić information content (AvgIpc) is 3.21. The Morgan fingerprint density at radius 2 is 1.47 bits per heavy atom. The predicted molar refractivity (Wildman–Crippen MR) is 128 cm³/mol. The monoisotopic (exact) mass is 395 g/mol. The molecule has 5 rings (SSSR count). The van der Waals surface area contributed by atoms with Crippen molar-refractivity contribution >= 4 is 27.5 Å². The molecule has 0 saturated carbocycles. The number of rotatable bonds is 3. The van der Waals surface area contributed by atoms with Gasteiger partial charge in [-0.25, -0.2) is 0 Å². The van der Waals surface area contributed by atoms with Crippen molar-refractivity contribution in [3.05, 3.63) is 84.7 Å². The van der Waals surface area contributed by atoms with Gasteiger partial charge in [-0.3, -0.25) is 0 Å². The Labute approximate surface area is 178 Å². The fourth-order valence-electron chi connectivity index (χ4n) is 5.03. The Balaban J connectivity index is 1.76. The van der Waals surface area contributed by atoms with Crippen LogP contribution in [0.15, 0.2) is 79.1 Å². The Bertz CT molecular complexity index is 1260. The molecule has 3 nitrogen and oxygen atoms in total. The van der Waals surface area contributed by atoms with Gasteiger partial charge in [0, 0.05) is 40.6 Å². The summed E-state index contributed by atoms with van der Waals surface area (Å²) in [5.74, 6) is 0. The number of hydrogen-bond acceptors (Lipinski definition) is 2. The summed E-state index contributed by atoms with van der Waals surface area (Å²) in [6.07, 6.45) is 4.45. The van der Waals surface area contributed by atoms with E-state index in [0.29, 0.717) is 6.04 Å². The number of aromatic nitrogens is 1. The lowest BCUT2D eigenvalue weighted by Gasteiger charge is -2.43. The van der Waals surface area contributed by atoms with Crippen molar-refractivity contribution in [2.75, 3.05) is 4.90 Å². The number of hydrogen-bond donors (Lipinski definition) is 0. The zero-order valence-corrected chi connectivity index (χ0v) is 18.4. The highest BCUT2D eigenvalue weighted by molar-refractivity contribution is 6.10. The summed E-state index contributed by atoms with van der Waals surface area (Å²) in [6.45, 7) is 11.3. The fraction of sp³-hybridized carbons (Fsp3) is 0.259. The minimum atomic E-state index is -0.107. The van der Waals surface area contributed by atoms with Crippen LogP contribution < -0.4 is 4.90 Å². The molecule has 3 heteroatoms. The molecule has 152 valence electrons. The summed E-state index contributed by atoms with van der Waals surface area (Å²) in [5, 5.41) is 2.58. The van der Waals surface area contributed by atoms with E-state index in [0.717, 1.165) is 0 Å². The largest absolute Gasteiger partial charge is 0.351 e. The van der Waals surface area contributed by atoms with Gasteiger partial charge in [-0.2, -0.15) is 0 Å². The molecule has 30 heavy (non-hydrogen) atoms. The highest BCUT2D eigenvalue weighted by Gasteiger charge is 2.37. The number of anilines is 1. The van der Waals surface area contributed by atoms with E-state index in [-0.39, 0.29) is 5.66 Å². The molecule has 0 atom stereocenters. The van der Waals surface area contributed by atoms with E-state index >= 15 is 0 Å². The minimum Gasteiger partial charge on any atom is -0.351 e. The second kappa shape index (κ2) is 6.66. The van der Waals surface area contributed by atoms with E-state index in [1.807, 2.05) is 0 Å². The van der Waals surface area contributed by atoms with Gasteiger partial charge in [-0.05, 0) is 70.5 Å². The van der Waals surface area contributed by atoms with E-state index < -0.39 is 0 Å². The molecule has 1 aliphatic heterocycles. The van der Waals surface area contributed by atoms with E-state index in [1.165, 1.54) is 38.7 Å². The molecule has 1 aliphatic rings. The first-order chi connectivity index (χ1) is 14.4. The van der Waals surface area contributed by atoms with E-state index in [9.17, 15) is 0 Å². The molecule has 1 aromatic heterocycles. The SMILES string of the molecule is Cc1cc2c(cc1N1C=CN(C(C)C)C1(C)C)c1ccccc1n2-c1ccccc1. The average molecular weight is 396 g/mol. The van der Waals surface area contributed by atoms with Gasteiger partial charge in [0.1, 0.15) is 5.66 Å². The Kier molecular flexibility index (Phi) is 4.18. The van der Waals surface area contributed by atoms with E-state index in [1.54, 1.807) is 0 Å². The van der Waals surface area contributed by atoms with Crippen LogP contribution in [0.4, 0.5) is 5.69 Å². The van der Waals surface area contributed by atoms with Crippen molar-refractivity contribution < 1.29 is 0 Å². The van der Waals surface area contributed by atoms with Crippen LogP contribution in [0.2, 0.25) is 0 Å². The maximum Gasteiger partial charge on any atom is 0.111 e. The van der Waals surface area contributed by atoms with Crippen molar-refractivity contribution in [2.45, 2.75) is 46.3 Å². The normalized spacial score (nSPS) is 15.8. The zero-order valence-electron chi connectivity index (χ0n) is 18.4. The molecule has 0 saturated heterocycles. The number of nitrogens with zero attached hydrogens (tertiary/aromatic N) is 3. The first kappa shape index (κ1) is 18.8. The fourth-order valence-corrected chi connectivity index (χ4v) is 5.03. The summed E-state index contributed by atoms with van der Waals surface area (Å²) in [4.78, 5) is 4.83. The zero-order chi connectivity index (χ0) is 21.0. The number of aryl methyl sites for hydroxylation is 1. The van der Waals surface area contributed by atoms with Crippen LogP contribution >= 0.6 is 0 Å². The van der Waals surface area contributed by atoms with Gasteiger partial charge in [0.05, 0.1) is 11.0 Å². The number of para-hydroxylation sites is 2. The topological polar surface area (TPSA) is 11.4 Å². The van der Waals surface area contributed by atoms with Crippen LogP contribution in [0.5, 0.6) is 0 Å². The van der Waals surface area contributed by atoms with Gasteiger partial charge in [0.15, 0.2) is 0 Å². The Morgan fingerprint density at radius 1 is 0.767 bits per heavy atom. The lowest BCUT2D eigenvalue weighted by molar-refractivity contribution is 0.170. The molecule has 4 aromatic rings. The summed E-state index contributed by atoms with van der Waals surface area (Å²) < 4.78 is 2.38. The minimum absolute atomic E-state index is 0.107. The molecule has 0 aliphatic carbocycles. The van der Waals surface area contributed by atoms with Crippen LogP contribution in [-0.4, -0.2) is 21.2 Å². The third kappa shape index (κ3) is 2.65. The molecule has 0 fully saturated rings. The van der Waals surface area contributed by atoms with Gasteiger partial charge in [-0.1, -0.05) is 36.4 Å². The third-order valence-electron chi connectivity index (χ3n) is 6.42. The van der Waals surface area contributed by atoms with Crippen LogP contribution in [0.1, 0.15) is 33.3 Å². The van der Waals surface area contributed by atoms with E-state index in [2.05, 4.69) is 128 Å². The molecule has 0 N–H and O–H groups in total. The van der Waals surface area contributed by atoms with Gasteiger partial charge < -0.3 is 14.4 Å². The predicted octanol–water partition coefficient (Wildman–Crippen LogP) is 6.83. The maximum atomic E-state index is 2.42. The summed E-state index contributed by atoms with van der Waals surface area (Å²) >= 11 is 0. The molecule has 0 spiro atoms. The number of fused-ring (bicyclic) bond motifs is 3. The highest BCUT2D eigenvalue weighted by atomic mass is 15.4. The molecule has 0 amide bonds. The Hall–Kier alpha value is -3.20. The molecular weight excluding hydrogens is 366 g/mol. The van der Waals surface area contributed by atoms with Crippen molar-refractivity contribution in [3.8, 4) is 5.69 Å². The molecule has 3 aromatic carbocycles. The molecule has 2 heterocycles. The van der Waals surface area contributed by atoms with Gasteiger partial charge >= 0.3 is 0 Å². The molecule has 0 radical (unpaired) electrons. The van der Waals surface area contributed by atoms with E-state index in [4.69, 9.17) is 0 Å². The van der Waals surface area contributed by atoms with Gasteiger partial charge in [-0.15, -0.1) is 0 Å². The smallest absolute Gasteiger partial charge is 0.111 e. The second-order valence-corrected chi connectivity index (χ2v) is 9.01. The molecule has 0 bridgehead atoms. The molecular formula is C27H29N3. The van der Waals surface area contributed by atoms with Crippen LogP contribution in [0, 0.1) is 6.92 Å².